The Bertz CT molecular complexity index is 490. The van der Waals surface area contributed by atoms with Crippen LogP contribution >= 0.6 is 0 Å². The Morgan fingerprint density at radius 1 is 1.45 bits per heavy atom. The summed E-state index contributed by atoms with van der Waals surface area (Å²) in [5.74, 6) is -2.38. The van der Waals surface area contributed by atoms with Gasteiger partial charge in [0.1, 0.15) is 17.1 Å². The number of benzene rings is 1. The van der Waals surface area contributed by atoms with Crippen LogP contribution < -0.4 is 10.1 Å². The van der Waals surface area contributed by atoms with Crippen molar-refractivity contribution in [3.63, 3.8) is 0 Å². The average Bonchev–Trinajstić information content (AvgIpc) is 2.36. The highest BCUT2D eigenvalue weighted by molar-refractivity contribution is 5.91. The summed E-state index contributed by atoms with van der Waals surface area (Å²) >= 11 is 0. The third-order valence-electron chi connectivity index (χ3n) is 2.66. The summed E-state index contributed by atoms with van der Waals surface area (Å²) in [5, 5.41) is 11.6. The molecule has 1 aromatic carbocycles. The fourth-order valence-electron chi connectivity index (χ4n) is 1.76. The van der Waals surface area contributed by atoms with Crippen molar-refractivity contribution in [2.75, 3.05) is 6.61 Å². The first-order valence-electron chi connectivity index (χ1n) is 6.39. The number of carbonyl (C=O) groups is 2. The van der Waals surface area contributed by atoms with Crippen LogP contribution in [0.4, 0.5) is 4.39 Å². The zero-order chi connectivity index (χ0) is 15.1. The number of carboxylic acid groups (broad SMARTS) is 1. The smallest absolute Gasteiger partial charge is 0.339 e. The van der Waals surface area contributed by atoms with Crippen LogP contribution in [0.2, 0.25) is 0 Å². The number of carbonyl (C=O) groups excluding carboxylic acids is 1. The number of hydrogen-bond acceptors (Lipinski definition) is 3. The lowest BCUT2D eigenvalue weighted by Gasteiger charge is -2.14. The standard InChI is InChI=1S/C14H18FNO4/c1-3-4-9(2)16-13(17)8-20-12-7-10(15)5-6-11(12)14(18)19/h5-7,9H,3-4,8H2,1-2H3,(H,16,17)(H,18,19). The van der Waals surface area contributed by atoms with Gasteiger partial charge < -0.3 is 15.2 Å². The van der Waals surface area contributed by atoms with Gasteiger partial charge in [0.05, 0.1) is 0 Å². The lowest BCUT2D eigenvalue weighted by Crippen LogP contribution is -2.36. The number of rotatable bonds is 7. The summed E-state index contributed by atoms with van der Waals surface area (Å²) < 4.78 is 18.2. The molecule has 0 bridgehead atoms. The van der Waals surface area contributed by atoms with E-state index in [1.807, 2.05) is 13.8 Å². The van der Waals surface area contributed by atoms with Crippen LogP contribution in [-0.2, 0) is 4.79 Å². The first-order valence-corrected chi connectivity index (χ1v) is 6.39. The molecule has 0 saturated heterocycles. The summed E-state index contributed by atoms with van der Waals surface area (Å²) in [7, 11) is 0. The third-order valence-corrected chi connectivity index (χ3v) is 2.66. The highest BCUT2D eigenvalue weighted by atomic mass is 19.1. The minimum Gasteiger partial charge on any atom is -0.483 e. The van der Waals surface area contributed by atoms with Crippen LogP contribution in [0.5, 0.6) is 5.75 Å². The quantitative estimate of drug-likeness (QED) is 0.804. The van der Waals surface area contributed by atoms with Crippen molar-refractivity contribution in [3.8, 4) is 5.75 Å². The second kappa shape index (κ2) is 7.47. The normalized spacial score (nSPS) is 11.8. The van der Waals surface area contributed by atoms with E-state index in [4.69, 9.17) is 9.84 Å². The van der Waals surface area contributed by atoms with Crippen LogP contribution in [-0.4, -0.2) is 29.6 Å². The van der Waals surface area contributed by atoms with Gasteiger partial charge in [-0.3, -0.25) is 4.79 Å². The van der Waals surface area contributed by atoms with Gasteiger partial charge in [0.2, 0.25) is 0 Å². The molecule has 0 radical (unpaired) electrons. The summed E-state index contributed by atoms with van der Waals surface area (Å²) in [6.45, 7) is 3.52. The Hall–Kier alpha value is -2.11. The highest BCUT2D eigenvalue weighted by Crippen LogP contribution is 2.19. The van der Waals surface area contributed by atoms with Gasteiger partial charge >= 0.3 is 5.97 Å². The lowest BCUT2D eigenvalue weighted by atomic mass is 10.2. The molecule has 5 nitrogen and oxygen atoms in total. The van der Waals surface area contributed by atoms with Crippen molar-refractivity contribution in [1.29, 1.82) is 0 Å². The number of ether oxygens (including phenoxy) is 1. The molecule has 0 fully saturated rings. The number of nitrogens with one attached hydrogen (secondary N) is 1. The molecule has 1 atom stereocenters. The summed E-state index contributed by atoms with van der Waals surface area (Å²) in [6, 6.07) is 3.10. The molecule has 1 rings (SSSR count). The summed E-state index contributed by atoms with van der Waals surface area (Å²) in [4.78, 5) is 22.5. The molecule has 110 valence electrons. The van der Waals surface area contributed by atoms with Crippen molar-refractivity contribution in [3.05, 3.63) is 29.6 Å². The van der Waals surface area contributed by atoms with Gasteiger partial charge in [-0.15, -0.1) is 0 Å². The molecular formula is C14H18FNO4. The first-order chi connectivity index (χ1) is 9.43. The minimum atomic E-state index is -1.24. The maximum Gasteiger partial charge on any atom is 0.339 e. The fraction of sp³-hybridized carbons (Fsp3) is 0.429. The van der Waals surface area contributed by atoms with Gasteiger partial charge in [-0.05, 0) is 25.5 Å². The van der Waals surface area contributed by atoms with Crippen LogP contribution in [0.3, 0.4) is 0 Å². The van der Waals surface area contributed by atoms with Crippen LogP contribution in [0, 0.1) is 5.82 Å². The molecule has 1 unspecified atom stereocenters. The van der Waals surface area contributed by atoms with Gasteiger partial charge in [0.25, 0.3) is 5.91 Å². The van der Waals surface area contributed by atoms with E-state index in [2.05, 4.69) is 5.32 Å². The zero-order valence-electron chi connectivity index (χ0n) is 11.5. The molecular weight excluding hydrogens is 265 g/mol. The number of carboxylic acids is 1. The lowest BCUT2D eigenvalue weighted by molar-refractivity contribution is -0.123. The molecule has 6 heteroatoms. The molecule has 0 heterocycles. The van der Waals surface area contributed by atoms with Crippen LogP contribution in [0.25, 0.3) is 0 Å². The third kappa shape index (κ3) is 4.87. The van der Waals surface area contributed by atoms with E-state index >= 15 is 0 Å². The Morgan fingerprint density at radius 2 is 2.15 bits per heavy atom. The van der Waals surface area contributed by atoms with Crippen molar-refractivity contribution < 1.29 is 23.8 Å². The minimum absolute atomic E-state index is 0.0163. The topological polar surface area (TPSA) is 75.6 Å². The Balaban J connectivity index is 2.63. The second-order valence-electron chi connectivity index (χ2n) is 4.49. The molecule has 0 saturated carbocycles. The molecule has 1 aromatic rings. The maximum absolute atomic E-state index is 13.1. The predicted octanol–water partition coefficient (Wildman–Crippen LogP) is 2.21. The van der Waals surface area contributed by atoms with E-state index in [-0.39, 0.29) is 29.9 Å². The fourth-order valence-corrected chi connectivity index (χ4v) is 1.76. The van der Waals surface area contributed by atoms with Crippen LogP contribution in [0.1, 0.15) is 37.0 Å². The van der Waals surface area contributed by atoms with E-state index in [1.54, 1.807) is 0 Å². The predicted molar refractivity (Wildman–Crippen MR) is 71.4 cm³/mol. The maximum atomic E-state index is 13.1. The second-order valence-corrected chi connectivity index (χ2v) is 4.49. The van der Waals surface area contributed by atoms with Crippen molar-refractivity contribution >= 4 is 11.9 Å². The Morgan fingerprint density at radius 3 is 2.75 bits per heavy atom. The Labute approximate surface area is 116 Å². The van der Waals surface area contributed by atoms with Crippen molar-refractivity contribution in [2.45, 2.75) is 32.7 Å². The molecule has 0 aliphatic heterocycles. The molecule has 1 amide bonds. The molecule has 0 spiro atoms. The average molecular weight is 283 g/mol. The monoisotopic (exact) mass is 283 g/mol. The van der Waals surface area contributed by atoms with Gasteiger partial charge in [-0.1, -0.05) is 13.3 Å². The molecule has 0 aromatic heterocycles. The SMILES string of the molecule is CCCC(C)NC(=O)COc1cc(F)ccc1C(=O)O. The van der Waals surface area contributed by atoms with E-state index in [0.29, 0.717) is 0 Å². The van der Waals surface area contributed by atoms with Gasteiger partial charge in [-0.2, -0.15) is 0 Å². The number of amides is 1. The molecule has 2 N–H and O–H groups in total. The van der Waals surface area contributed by atoms with Gasteiger partial charge in [0.15, 0.2) is 6.61 Å². The van der Waals surface area contributed by atoms with E-state index in [0.717, 1.165) is 31.0 Å². The van der Waals surface area contributed by atoms with E-state index < -0.39 is 11.8 Å². The molecule has 20 heavy (non-hydrogen) atoms. The molecule has 0 aliphatic carbocycles. The number of halogens is 1. The van der Waals surface area contributed by atoms with E-state index in [9.17, 15) is 14.0 Å². The zero-order valence-corrected chi connectivity index (χ0v) is 11.5. The van der Waals surface area contributed by atoms with Gasteiger partial charge in [0, 0.05) is 12.1 Å². The summed E-state index contributed by atoms with van der Waals surface area (Å²) in [6.07, 6.45) is 1.78. The first kappa shape index (κ1) is 15.9. The van der Waals surface area contributed by atoms with Gasteiger partial charge in [-0.25, -0.2) is 9.18 Å². The largest absolute Gasteiger partial charge is 0.483 e. The van der Waals surface area contributed by atoms with E-state index in [1.165, 1.54) is 0 Å². The molecule has 0 aliphatic rings. The van der Waals surface area contributed by atoms with Crippen molar-refractivity contribution in [2.24, 2.45) is 0 Å². The Kier molecular flexibility index (Phi) is 5.96. The van der Waals surface area contributed by atoms with Crippen LogP contribution in [0.15, 0.2) is 18.2 Å². The number of hydrogen-bond donors (Lipinski definition) is 2. The van der Waals surface area contributed by atoms with Crippen molar-refractivity contribution in [1.82, 2.24) is 5.32 Å². The summed E-state index contributed by atoms with van der Waals surface area (Å²) in [5.41, 5.74) is -0.180. The number of aromatic carboxylic acids is 1. The highest BCUT2D eigenvalue weighted by Gasteiger charge is 2.14.